The average molecular weight is 435 g/mol. The molecule has 1 fully saturated rings. The number of carbonyl (C=O) groups excluding carboxylic acids is 2. The number of piperidine rings is 1. The fourth-order valence-corrected chi connectivity index (χ4v) is 4.02. The summed E-state index contributed by atoms with van der Waals surface area (Å²) in [5.74, 6) is 0.221. The molecule has 1 aliphatic heterocycles. The van der Waals surface area contributed by atoms with Gasteiger partial charge in [0.25, 0.3) is 5.91 Å². The van der Waals surface area contributed by atoms with Crippen molar-refractivity contribution >= 4 is 11.8 Å². The molecular weight excluding hydrogens is 407 g/mol. The number of likely N-dealkylation sites (tertiary alicyclic amines) is 1. The van der Waals surface area contributed by atoms with E-state index >= 15 is 0 Å². The summed E-state index contributed by atoms with van der Waals surface area (Å²) in [5, 5.41) is 2.89. The Morgan fingerprint density at radius 2 is 1.75 bits per heavy atom. The van der Waals surface area contributed by atoms with Gasteiger partial charge in [-0.25, -0.2) is 9.37 Å². The first-order valence-corrected chi connectivity index (χ1v) is 11.0. The molecule has 1 aliphatic rings. The van der Waals surface area contributed by atoms with E-state index < -0.39 is 0 Å². The van der Waals surface area contributed by atoms with Gasteiger partial charge in [-0.05, 0) is 67.1 Å². The minimum Gasteiger partial charge on any atom is -0.352 e. The van der Waals surface area contributed by atoms with Gasteiger partial charge in [0, 0.05) is 49.7 Å². The van der Waals surface area contributed by atoms with E-state index in [0.29, 0.717) is 37.5 Å². The maximum absolute atomic E-state index is 12.9. The van der Waals surface area contributed by atoms with Crippen LogP contribution in [0.25, 0.3) is 5.69 Å². The van der Waals surface area contributed by atoms with Crippen molar-refractivity contribution in [3.05, 3.63) is 84.2 Å². The van der Waals surface area contributed by atoms with Crippen molar-refractivity contribution in [3.63, 3.8) is 0 Å². The Balaban J connectivity index is 1.18. The predicted octanol–water partition coefficient (Wildman–Crippen LogP) is 3.96. The van der Waals surface area contributed by atoms with E-state index in [4.69, 9.17) is 0 Å². The Labute approximate surface area is 187 Å². The number of halogens is 1. The van der Waals surface area contributed by atoms with Crippen molar-refractivity contribution in [2.45, 2.75) is 32.2 Å². The van der Waals surface area contributed by atoms with Crippen LogP contribution in [0.5, 0.6) is 0 Å². The molecule has 2 heterocycles. The Morgan fingerprint density at radius 3 is 2.41 bits per heavy atom. The highest BCUT2D eigenvalue weighted by Crippen LogP contribution is 2.23. The van der Waals surface area contributed by atoms with Crippen LogP contribution < -0.4 is 5.32 Å². The van der Waals surface area contributed by atoms with E-state index in [9.17, 15) is 14.0 Å². The van der Waals surface area contributed by atoms with Gasteiger partial charge in [0.1, 0.15) is 5.82 Å². The third-order valence-electron chi connectivity index (χ3n) is 6.00. The van der Waals surface area contributed by atoms with E-state index in [1.165, 1.54) is 12.1 Å². The second kappa shape index (κ2) is 10.2. The molecule has 2 aromatic carbocycles. The zero-order chi connectivity index (χ0) is 22.3. The van der Waals surface area contributed by atoms with Gasteiger partial charge < -0.3 is 14.8 Å². The summed E-state index contributed by atoms with van der Waals surface area (Å²) in [6, 6.07) is 13.7. The summed E-state index contributed by atoms with van der Waals surface area (Å²) in [6.45, 7) is 1.83. The van der Waals surface area contributed by atoms with Crippen LogP contribution in [0.1, 0.15) is 41.6 Å². The molecule has 3 aromatic rings. The standard InChI is InChI=1S/C25H27FN4O2/c26-22-6-1-20(2-7-22)17-28-24(31)10-3-19-11-14-29(15-12-19)25(32)21-4-8-23(9-5-21)30-16-13-27-18-30/h1-2,4-9,13,16,18-19H,3,10-12,14-15,17H2,(H,28,31). The highest BCUT2D eigenvalue weighted by Gasteiger charge is 2.24. The van der Waals surface area contributed by atoms with Gasteiger partial charge in [0.15, 0.2) is 0 Å². The van der Waals surface area contributed by atoms with E-state index in [2.05, 4.69) is 10.3 Å². The molecule has 1 N–H and O–H groups in total. The number of nitrogens with zero attached hydrogens (tertiary/aromatic N) is 3. The van der Waals surface area contributed by atoms with Crippen LogP contribution in [0.15, 0.2) is 67.3 Å². The maximum Gasteiger partial charge on any atom is 0.253 e. The molecule has 7 heteroatoms. The fraction of sp³-hybridized carbons (Fsp3) is 0.320. The van der Waals surface area contributed by atoms with Crippen LogP contribution in [-0.4, -0.2) is 39.4 Å². The van der Waals surface area contributed by atoms with Gasteiger partial charge in [-0.15, -0.1) is 0 Å². The smallest absolute Gasteiger partial charge is 0.253 e. The molecule has 6 nitrogen and oxygen atoms in total. The number of hydrogen-bond donors (Lipinski definition) is 1. The normalized spacial score (nSPS) is 14.3. The second-order valence-corrected chi connectivity index (χ2v) is 8.19. The molecule has 0 aliphatic carbocycles. The van der Waals surface area contributed by atoms with E-state index in [0.717, 1.165) is 30.5 Å². The quantitative estimate of drug-likeness (QED) is 0.612. The van der Waals surface area contributed by atoms with Crippen molar-refractivity contribution in [1.29, 1.82) is 0 Å². The topological polar surface area (TPSA) is 67.2 Å². The van der Waals surface area contributed by atoms with Crippen LogP contribution in [0.4, 0.5) is 4.39 Å². The van der Waals surface area contributed by atoms with Gasteiger partial charge >= 0.3 is 0 Å². The number of hydrogen-bond acceptors (Lipinski definition) is 3. The summed E-state index contributed by atoms with van der Waals surface area (Å²) in [6.07, 6.45) is 8.41. The minimum absolute atomic E-state index is 0.00538. The average Bonchev–Trinajstić information content (AvgIpc) is 3.37. The lowest BCUT2D eigenvalue weighted by molar-refractivity contribution is -0.121. The van der Waals surface area contributed by atoms with Crippen LogP contribution in [0.3, 0.4) is 0 Å². The number of benzene rings is 2. The first-order valence-electron chi connectivity index (χ1n) is 11.0. The lowest BCUT2D eigenvalue weighted by atomic mass is 9.91. The van der Waals surface area contributed by atoms with E-state index in [1.807, 2.05) is 39.9 Å². The van der Waals surface area contributed by atoms with Gasteiger partial charge in [-0.3, -0.25) is 9.59 Å². The first-order chi connectivity index (χ1) is 15.6. The molecular formula is C25H27FN4O2. The fourth-order valence-electron chi connectivity index (χ4n) is 4.02. The number of rotatable bonds is 7. The largest absolute Gasteiger partial charge is 0.352 e. The lowest BCUT2D eigenvalue weighted by Crippen LogP contribution is -2.38. The third-order valence-corrected chi connectivity index (χ3v) is 6.00. The monoisotopic (exact) mass is 434 g/mol. The van der Waals surface area contributed by atoms with Crippen molar-refractivity contribution < 1.29 is 14.0 Å². The molecule has 0 spiro atoms. The van der Waals surface area contributed by atoms with Gasteiger partial charge in [0.05, 0.1) is 6.33 Å². The summed E-state index contributed by atoms with van der Waals surface area (Å²) in [5.41, 5.74) is 2.53. The number of amides is 2. The molecule has 0 unspecified atom stereocenters. The zero-order valence-electron chi connectivity index (χ0n) is 17.9. The predicted molar refractivity (Wildman–Crippen MR) is 120 cm³/mol. The second-order valence-electron chi connectivity index (χ2n) is 8.19. The number of carbonyl (C=O) groups is 2. The zero-order valence-corrected chi connectivity index (χ0v) is 17.9. The Morgan fingerprint density at radius 1 is 1.03 bits per heavy atom. The highest BCUT2D eigenvalue weighted by molar-refractivity contribution is 5.94. The van der Waals surface area contributed by atoms with Crippen molar-refractivity contribution in [3.8, 4) is 5.69 Å². The van der Waals surface area contributed by atoms with Crippen LogP contribution >= 0.6 is 0 Å². The molecule has 0 saturated carbocycles. The van der Waals surface area contributed by atoms with Gasteiger partial charge in [0.2, 0.25) is 5.91 Å². The van der Waals surface area contributed by atoms with Crippen LogP contribution in [0.2, 0.25) is 0 Å². The molecule has 2 amide bonds. The molecule has 1 aromatic heterocycles. The third kappa shape index (κ3) is 5.60. The number of nitrogens with one attached hydrogen (secondary N) is 1. The number of aromatic nitrogens is 2. The Bertz CT molecular complexity index is 1020. The highest BCUT2D eigenvalue weighted by atomic mass is 19.1. The molecule has 4 rings (SSSR count). The van der Waals surface area contributed by atoms with E-state index in [1.54, 1.807) is 24.7 Å². The summed E-state index contributed by atoms with van der Waals surface area (Å²) < 4.78 is 14.8. The van der Waals surface area contributed by atoms with Crippen LogP contribution in [-0.2, 0) is 11.3 Å². The molecule has 0 bridgehead atoms. The molecule has 166 valence electrons. The minimum atomic E-state index is -0.281. The van der Waals surface area contributed by atoms with Crippen molar-refractivity contribution in [1.82, 2.24) is 19.8 Å². The van der Waals surface area contributed by atoms with Crippen LogP contribution in [0, 0.1) is 11.7 Å². The molecule has 1 saturated heterocycles. The van der Waals surface area contributed by atoms with Gasteiger partial charge in [-0.1, -0.05) is 12.1 Å². The Hall–Kier alpha value is -3.48. The summed E-state index contributed by atoms with van der Waals surface area (Å²) in [7, 11) is 0. The van der Waals surface area contributed by atoms with Crippen molar-refractivity contribution in [2.75, 3.05) is 13.1 Å². The summed E-state index contributed by atoms with van der Waals surface area (Å²) >= 11 is 0. The SMILES string of the molecule is O=C(CCC1CCN(C(=O)c2ccc(-n3ccnc3)cc2)CC1)NCc1ccc(F)cc1. The maximum atomic E-state index is 12.9. The van der Waals surface area contributed by atoms with Crippen molar-refractivity contribution in [2.24, 2.45) is 5.92 Å². The summed E-state index contributed by atoms with van der Waals surface area (Å²) in [4.78, 5) is 30.9. The van der Waals surface area contributed by atoms with E-state index in [-0.39, 0.29) is 17.6 Å². The lowest BCUT2D eigenvalue weighted by Gasteiger charge is -2.32. The molecule has 32 heavy (non-hydrogen) atoms. The van der Waals surface area contributed by atoms with Gasteiger partial charge in [-0.2, -0.15) is 0 Å². The number of imidazole rings is 1. The molecule has 0 radical (unpaired) electrons. The first kappa shape index (κ1) is 21.7. The Kier molecular flexibility index (Phi) is 6.94. The molecule has 0 atom stereocenters.